The Bertz CT molecular complexity index is 650. The molecule has 0 aliphatic carbocycles. The third kappa shape index (κ3) is 3.60. The molecule has 0 unspecified atom stereocenters. The van der Waals surface area contributed by atoms with E-state index in [1.54, 1.807) is 55.6 Å². The molecule has 2 aromatic rings. The molecule has 0 aliphatic heterocycles. The molecule has 0 aromatic heterocycles. The Kier molecular flexibility index (Phi) is 4.56. The molecule has 5 nitrogen and oxygen atoms in total. The van der Waals surface area contributed by atoms with E-state index in [-0.39, 0.29) is 5.91 Å². The highest BCUT2D eigenvalue weighted by atomic mass is 16.5. The highest BCUT2D eigenvalue weighted by Crippen LogP contribution is 2.15. The summed E-state index contributed by atoms with van der Waals surface area (Å²) in [6.45, 7) is 0. The first-order chi connectivity index (χ1) is 10.1. The number of anilines is 1. The maximum Gasteiger partial charge on any atom is 0.337 e. The summed E-state index contributed by atoms with van der Waals surface area (Å²) in [7, 11) is 2.86. The molecule has 21 heavy (non-hydrogen) atoms. The lowest BCUT2D eigenvalue weighted by molar-refractivity contribution is 0.0600. The fourth-order valence-electron chi connectivity index (χ4n) is 1.78. The van der Waals surface area contributed by atoms with E-state index in [1.165, 1.54) is 7.11 Å². The fraction of sp³-hybridized carbons (Fsp3) is 0.125. The zero-order valence-corrected chi connectivity index (χ0v) is 11.8. The molecule has 0 saturated carbocycles. The van der Waals surface area contributed by atoms with Gasteiger partial charge in [-0.3, -0.25) is 4.79 Å². The van der Waals surface area contributed by atoms with E-state index in [9.17, 15) is 9.59 Å². The maximum absolute atomic E-state index is 12.1. The Morgan fingerprint density at radius 3 is 2.29 bits per heavy atom. The van der Waals surface area contributed by atoms with Crippen molar-refractivity contribution in [1.29, 1.82) is 0 Å². The van der Waals surface area contributed by atoms with Crippen LogP contribution in [0.5, 0.6) is 5.75 Å². The number of carbonyl (C=O) groups excluding carboxylic acids is 2. The lowest BCUT2D eigenvalue weighted by Gasteiger charge is -2.07. The number of hydrogen-bond donors (Lipinski definition) is 1. The van der Waals surface area contributed by atoms with Gasteiger partial charge in [0.1, 0.15) is 5.75 Å². The van der Waals surface area contributed by atoms with Crippen LogP contribution < -0.4 is 10.1 Å². The van der Waals surface area contributed by atoms with Crippen molar-refractivity contribution in [3.63, 3.8) is 0 Å². The van der Waals surface area contributed by atoms with Crippen LogP contribution in [0.4, 0.5) is 5.69 Å². The van der Waals surface area contributed by atoms with Gasteiger partial charge in [0.15, 0.2) is 0 Å². The lowest BCUT2D eigenvalue weighted by Crippen LogP contribution is -2.12. The number of nitrogens with one attached hydrogen (secondary N) is 1. The first-order valence-electron chi connectivity index (χ1n) is 6.28. The van der Waals surface area contributed by atoms with Crippen molar-refractivity contribution in [3.8, 4) is 5.75 Å². The molecule has 2 aromatic carbocycles. The third-order valence-electron chi connectivity index (χ3n) is 2.90. The second kappa shape index (κ2) is 6.56. The van der Waals surface area contributed by atoms with E-state index >= 15 is 0 Å². The molecule has 0 spiro atoms. The van der Waals surface area contributed by atoms with Crippen molar-refractivity contribution >= 4 is 17.6 Å². The van der Waals surface area contributed by atoms with Gasteiger partial charge in [0.25, 0.3) is 5.91 Å². The number of ether oxygens (including phenoxy) is 2. The van der Waals surface area contributed by atoms with Crippen LogP contribution in [0, 0.1) is 0 Å². The molecule has 0 bridgehead atoms. The molecule has 5 heteroatoms. The van der Waals surface area contributed by atoms with Gasteiger partial charge in [-0.15, -0.1) is 0 Å². The second-order valence-electron chi connectivity index (χ2n) is 4.26. The normalized spacial score (nSPS) is 9.81. The summed E-state index contributed by atoms with van der Waals surface area (Å²) in [5, 5.41) is 2.75. The van der Waals surface area contributed by atoms with E-state index in [1.807, 2.05) is 0 Å². The molecule has 0 atom stereocenters. The molecular weight excluding hydrogens is 270 g/mol. The average molecular weight is 285 g/mol. The Morgan fingerprint density at radius 2 is 1.67 bits per heavy atom. The minimum Gasteiger partial charge on any atom is -0.497 e. The third-order valence-corrected chi connectivity index (χ3v) is 2.90. The standard InChI is InChI=1S/C16H15NO4/c1-20-14-5-3-4-12(10-14)15(18)17-13-8-6-11(7-9-13)16(19)21-2/h3-10H,1-2H3,(H,17,18). The van der Waals surface area contributed by atoms with Gasteiger partial charge in [-0.25, -0.2) is 4.79 Å². The maximum atomic E-state index is 12.1. The Labute approximate surface area is 122 Å². The number of benzene rings is 2. The van der Waals surface area contributed by atoms with E-state index in [0.717, 1.165) is 0 Å². The van der Waals surface area contributed by atoms with Gasteiger partial charge in [0.05, 0.1) is 19.8 Å². The van der Waals surface area contributed by atoms with Gasteiger partial charge in [-0.05, 0) is 42.5 Å². The summed E-state index contributed by atoms with van der Waals surface area (Å²) in [5.74, 6) is -0.0518. The van der Waals surface area contributed by atoms with Gasteiger partial charge in [-0.2, -0.15) is 0 Å². The smallest absolute Gasteiger partial charge is 0.337 e. The van der Waals surface area contributed by atoms with Gasteiger partial charge >= 0.3 is 5.97 Å². The summed E-state index contributed by atoms with van der Waals surface area (Å²) >= 11 is 0. The predicted molar refractivity (Wildman–Crippen MR) is 78.7 cm³/mol. The summed E-state index contributed by atoms with van der Waals surface area (Å²) < 4.78 is 9.69. The fourth-order valence-corrected chi connectivity index (χ4v) is 1.78. The topological polar surface area (TPSA) is 64.6 Å². The molecule has 2 rings (SSSR count). The zero-order valence-electron chi connectivity index (χ0n) is 11.8. The van der Waals surface area contributed by atoms with Crippen LogP contribution in [0.2, 0.25) is 0 Å². The first kappa shape index (κ1) is 14.6. The Balaban J connectivity index is 2.10. The molecule has 0 fully saturated rings. The second-order valence-corrected chi connectivity index (χ2v) is 4.26. The minimum atomic E-state index is -0.416. The van der Waals surface area contributed by atoms with Crippen molar-refractivity contribution in [1.82, 2.24) is 0 Å². The number of amides is 1. The van der Waals surface area contributed by atoms with E-state index in [0.29, 0.717) is 22.6 Å². The molecule has 0 radical (unpaired) electrons. The highest BCUT2D eigenvalue weighted by Gasteiger charge is 2.08. The van der Waals surface area contributed by atoms with Crippen LogP contribution in [0.3, 0.4) is 0 Å². The van der Waals surface area contributed by atoms with Crippen LogP contribution in [0.15, 0.2) is 48.5 Å². The zero-order chi connectivity index (χ0) is 15.2. The summed E-state index contributed by atoms with van der Waals surface area (Å²) in [4.78, 5) is 23.4. The Morgan fingerprint density at radius 1 is 0.952 bits per heavy atom. The largest absolute Gasteiger partial charge is 0.497 e. The summed E-state index contributed by atoms with van der Waals surface area (Å²) in [6.07, 6.45) is 0. The average Bonchev–Trinajstić information content (AvgIpc) is 2.54. The number of methoxy groups -OCH3 is 2. The van der Waals surface area contributed by atoms with E-state index < -0.39 is 5.97 Å². The summed E-state index contributed by atoms with van der Waals surface area (Å²) in [6, 6.07) is 13.3. The van der Waals surface area contributed by atoms with Crippen molar-refractivity contribution in [2.75, 3.05) is 19.5 Å². The number of esters is 1. The van der Waals surface area contributed by atoms with Crippen molar-refractivity contribution < 1.29 is 19.1 Å². The van der Waals surface area contributed by atoms with Crippen LogP contribution in [-0.2, 0) is 4.74 Å². The summed E-state index contributed by atoms with van der Waals surface area (Å²) in [5.41, 5.74) is 1.51. The number of rotatable bonds is 4. The highest BCUT2D eigenvalue weighted by molar-refractivity contribution is 6.04. The molecule has 1 N–H and O–H groups in total. The van der Waals surface area contributed by atoms with Crippen LogP contribution in [-0.4, -0.2) is 26.1 Å². The number of hydrogen-bond acceptors (Lipinski definition) is 4. The number of carbonyl (C=O) groups is 2. The quantitative estimate of drug-likeness (QED) is 0.877. The molecule has 0 heterocycles. The van der Waals surface area contributed by atoms with Crippen LogP contribution >= 0.6 is 0 Å². The first-order valence-corrected chi connectivity index (χ1v) is 6.28. The molecule has 0 aliphatic rings. The monoisotopic (exact) mass is 285 g/mol. The molecule has 0 saturated heterocycles. The van der Waals surface area contributed by atoms with Gasteiger partial charge in [0, 0.05) is 11.3 Å². The SMILES string of the molecule is COC(=O)c1ccc(NC(=O)c2cccc(OC)c2)cc1. The van der Waals surface area contributed by atoms with Crippen LogP contribution in [0.25, 0.3) is 0 Å². The Hall–Kier alpha value is -2.82. The molecule has 108 valence electrons. The van der Waals surface area contributed by atoms with Gasteiger partial charge < -0.3 is 14.8 Å². The lowest BCUT2D eigenvalue weighted by atomic mass is 10.1. The van der Waals surface area contributed by atoms with Crippen molar-refractivity contribution in [3.05, 3.63) is 59.7 Å². The van der Waals surface area contributed by atoms with Gasteiger partial charge in [0.2, 0.25) is 0 Å². The molecule has 1 amide bonds. The van der Waals surface area contributed by atoms with E-state index in [2.05, 4.69) is 10.1 Å². The van der Waals surface area contributed by atoms with E-state index in [4.69, 9.17) is 4.74 Å². The van der Waals surface area contributed by atoms with Gasteiger partial charge in [-0.1, -0.05) is 6.07 Å². The van der Waals surface area contributed by atoms with Crippen LogP contribution in [0.1, 0.15) is 20.7 Å². The van der Waals surface area contributed by atoms with Crippen molar-refractivity contribution in [2.45, 2.75) is 0 Å². The van der Waals surface area contributed by atoms with Crippen molar-refractivity contribution in [2.24, 2.45) is 0 Å². The predicted octanol–water partition coefficient (Wildman–Crippen LogP) is 2.73. The molecular formula is C16H15NO4. The minimum absolute atomic E-state index is 0.250.